The van der Waals surface area contributed by atoms with Gasteiger partial charge in [-0.25, -0.2) is 0 Å². The molecule has 0 aliphatic carbocycles. The molecule has 18 heavy (non-hydrogen) atoms. The summed E-state index contributed by atoms with van der Waals surface area (Å²) in [7, 11) is 0. The van der Waals surface area contributed by atoms with Crippen LogP contribution in [0.4, 0.5) is 5.69 Å². The van der Waals surface area contributed by atoms with Gasteiger partial charge >= 0.3 is 0 Å². The van der Waals surface area contributed by atoms with E-state index in [1.807, 2.05) is 20.8 Å². The highest BCUT2D eigenvalue weighted by Crippen LogP contribution is 2.16. The second-order valence-corrected chi connectivity index (χ2v) is 5.20. The van der Waals surface area contributed by atoms with Crippen molar-refractivity contribution in [1.29, 1.82) is 0 Å². The maximum atomic E-state index is 12.1. The van der Waals surface area contributed by atoms with Gasteiger partial charge in [-0.05, 0) is 32.9 Å². The second kappa shape index (κ2) is 5.87. The molecule has 0 heterocycles. The number of para-hydroxylation sites is 1. The Bertz CT molecular complexity index is 453. The minimum atomic E-state index is -0.340. The topological polar surface area (TPSA) is 58.2 Å². The van der Waals surface area contributed by atoms with Crippen LogP contribution in [0.2, 0.25) is 0 Å². The van der Waals surface area contributed by atoms with E-state index >= 15 is 0 Å². The molecule has 0 aliphatic rings. The molecule has 2 N–H and O–H groups in total. The quantitative estimate of drug-likeness (QED) is 0.827. The monoisotopic (exact) mass is 268 g/mol. The van der Waals surface area contributed by atoms with E-state index in [0.29, 0.717) is 11.3 Å². The lowest BCUT2D eigenvalue weighted by Gasteiger charge is -2.21. The molecule has 5 heteroatoms. The Morgan fingerprint density at radius 2 is 1.83 bits per heavy atom. The van der Waals surface area contributed by atoms with Crippen LogP contribution in [0.5, 0.6) is 0 Å². The number of rotatable bonds is 3. The van der Waals surface area contributed by atoms with Crippen LogP contribution in [0.25, 0.3) is 0 Å². The van der Waals surface area contributed by atoms with Crippen LogP contribution in [0.15, 0.2) is 24.3 Å². The number of anilines is 1. The standard InChI is InChI=1S/C13H17ClN2O2/c1-13(2,3)16-12(18)9-6-4-5-7-10(9)15-11(17)8-14/h4-7H,8H2,1-3H3,(H,15,17)(H,16,18). The zero-order chi connectivity index (χ0) is 13.8. The molecule has 0 unspecified atom stereocenters. The summed E-state index contributed by atoms with van der Waals surface area (Å²) in [5.41, 5.74) is 0.552. The Kier molecular flexibility index (Phi) is 4.73. The number of amides is 2. The van der Waals surface area contributed by atoms with E-state index in [2.05, 4.69) is 10.6 Å². The van der Waals surface area contributed by atoms with Crippen LogP contribution < -0.4 is 10.6 Å². The fourth-order valence-corrected chi connectivity index (χ4v) is 1.45. The zero-order valence-electron chi connectivity index (χ0n) is 10.7. The lowest BCUT2D eigenvalue weighted by molar-refractivity contribution is -0.113. The summed E-state index contributed by atoms with van der Waals surface area (Å²) in [5, 5.41) is 5.44. The number of alkyl halides is 1. The summed E-state index contributed by atoms with van der Waals surface area (Å²) < 4.78 is 0. The molecule has 0 aromatic heterocycles. The van der Waals surface area contributed by atoms with E-state index in [9.17, 15) is 9.59 Å². The van der Waals surface area contributed by atoms with Gasteiger partial charge in [0, 0.05) is 5.54 Å². The van der Waals surface area contributed by atoms with E-state index in [4.69, 9.17) is 11.6 Å². The maximum Gasteiger partial charge on any atom is 0.253 e. The Morgan fingerprint density at radius 1 is 1.22 bits per heavy atom. The normalized spacial score (nSPS) is 10.9. The molecular weight excluding hydrogens is 252 g/mol. The molecule has 0 saturated carbocycles. The molecule has 0 fully saturated rings. The molecule has 1 aromatic rings. The molecule has 1 rings (SSSR count). The number of nitrogens with one attached hydrogen (secondary N) is 2. The third-order valence-electron chi connectivity index (χ3n) is 2.06. The molecule has 4 nitrogen and oxygen atoms in total. The molecule has 0 spiro atoms. The summed E-state index contributed by atoms with van der Waals surface area (Å²) in [6.45, 7) is 5.68. The number of carbonyl (C=O) groups excluding carboxylic acids is 2. The molecule has 1 aromatic carbocycles. The molecule has 0 saturated heterocycles. The van der Waals surface area contributed by atoms with Crippen molar-refractivity contribution in [1.82, 2.24) is 5.32 Å². The van der Waals surface area contributed by atoms with Crippen LogP contribution >= 0.6 is 11.6 Å². The molecule has 0 radical (unpaired) electrons. The average molecular weight is 269 g/mol. The van der Waals surface area contributed by atoms with Crippen LogP contribution in [0.1, 0.15) is 31.1 Å². The van der Waals surface area contributed by atoms with Crippen molar-refractivity contribution < 1.29 is 9.59 Å². The van der Waals surface area contributed by atoms with Gasteiger partial charge < -0.3 is 10.6 Å². The minimum absolute atomic E-state index is 0.144. The molecule has 0 atom stereocenters. The first-order valence-electron chi connectivity index (χ1n) is 5.61. The van der Waals surface area contributed by atoms with E-state index < -0.39 is 0 Å². The summed E-state index contributed by atoms with van der Waals surface area (Å²) >= 11 is 5.43. The Morgan fingerprint density at radius 3 is 2.39 bits per heavy atom. The second-order valence-electron chi connectivity index (χ2n) is 4.93. The molecule has 98 valence electrons. The highest BCUT2D eigenvalue weighted by molar-refractivity contribution is 6.29. The van der Waals surface area contributed by atoms with Crippen molar-refractivity contribution >= 4 is 29.1 Å². The number of hydrogen-bond donors (Lipinski definition) is 2. The van der Waals surface area contributed by atoms with Crippen LogP contribution in [-0.4, -0.2) is 23.2 Å². The SMILES string of the molecule is CC(C)(C)NC(=O)c1ccccc1NC(=O)CCl. The van der Waals surface area contributed by atoms with Crippen molar-refractivity contribution in [3.05, 3.63) is 29.8 Å². The maximum absolute atomic E-state index is 12.1. The molecule has 0 aliphatic heterocycles. The van der Waals surface area contributed by atoms with Gasteiger partial charge in [-0.15, -0.1) is 11.6 Å². The first kappa shape index (κ1) is 14.5. The first-order chi connectivity index (χ1) is 8.33. The predicted molar refractivity (Wildman–Crippen MR) is 73.0 cm³/mol. The van der Waals surface area contributed by atoms with Crippen molar-refractivity contribution in [2.24, 2.45) is 0 Å². The largest absolute Gasteiger partial charge is 0.347 e. The lowest BCUT2D eigenvalue weighted by atomic mass is 10.1. The number of benzene rings is 1. The van der Waals surface area contributed by atoms with Gasteiger partial charge in [-0.3, -0.25) is 9.59 Å². The Hall–Kier alpha value is -1.55. The van der Waals surface area contributed by atoms with Gasteiger partial charge in [0.15, 0.2) is 0 Å². The van der Waals surface area contributed by atoms with Gasteiger partial charge in [0.25, 0.3) is 5.91 Å². The third kappa shape index (κ3) is 4.37. The number of hydrogen-bond acceptors (Lipinski definition) is 2. The summed E-state index contributed by atoms with van der Waals surface area (Å²) in [6.07, 6.45) is 0. The lowest BCUT2D eigenvalue weighted by Crippen LogP contribution is -2.40. The number of halogens is 1. The van der Waals surface area contributed by atoms with Crippen molar-refractivity contribution in [2.75, 3.05) is 11.2 Å². The van der Waals surface area contributed by atoms with Crippen molar-refractivity contribution in [3.8, 4) is 0 Å². The van der Waals surface area contributed by atoms with Gasteiger partial charge in [-0.2, -0.15) is 0 Å². The van der Waals surface area contributed by atoms with Crippen LogP contribution in [0.3, 0.4) is 0 Å². The highest BCUT2D eigenvalue weighted by Gasteiger charge is 2.18. The molecule has 0 bridgehead atoms. The van der Waals surface area contributed by atoms with E-state index in [-0.39, 0.29) is 23.2 Å². The fourth-order valence-electron chi connectivity index (χ4n) is 1.38. The summed E-state index contributed by atoms with van der Waals surface area (Å²) in [4.78, 5) is 23.3. The van der Waals surface area contributed by atoms with Crippen molar-refractivity contribution in [3.63, 3.8) is 0 Å². The molecular formula is C13H17ClN2O2. The van der Waals surface area contributed by atoms with E-state index in [0.717, 1.165) is 0 Å². The Labute approximate surface area is 112 Å². The van der Waals surface area contributed by atoms with Gasteiger partial charge in [0.05, 0.1) is 11.3 Å². The smallest absolute Gasteiger partial charge is 0.253 e. The van der Waals surface area contributed by atoms with Gasteiger partial charge in [-0.1, -0.05) is 12.1 Å². The summed E-state index contributed by atoms with van der Waals surface area (Å²) in [6, 6.07) is 6.82. The highest BCUT2D eigenvalue weighted by atomic mass is 35.5. The Balaban J connectivity index is 2.94. The molecule has 2 amide bonds. The van der Waals surface area contributed by atoms with Crippen LogP contribution in [0, 0.1) is 0 Å². The van der Waals surface area contributed by atoms with Crippen molar-refractivity contribution in [2.45, 2.75) is 26.3 Å². The third-order valence-corrected chi connectivity index (χ3v) is 2.30. The summed E-state index contributed by atoms with van der Waals surface area (Å²) in [5.74, 6) is -0.712. The van der Waals surface area contributed by atoms with Gasteiger partial charge in [0.2, 0.25) is 5.91 Å². The minimum Gasteiger partial charge on any atom is -0.347 e. The first-order valence-corrected chi connectivity index (χ1v) is 6.14. The van der Waals surface area contributed by atoms with Crippen LogP contribution in [-0.2, 0) is 4.79 Å². The predicted octanol–water partition coefficient (Wildman–Crippen LogP) is 2.39. The average Bonchev–Trinajstić information content (AvgIpc) is 2.27. The van der Waals surface area contributed by atoms with E-state index in [1.54, 1.807) is 24.3 Å². The zero-order valence-corrected chi connectivity index (χ0v) is 11.5. The van der Waals surface area contributed by atoms with E-state index in [1.165, 1.54) is 0 Å². The number of carbonyl (C=O) groups is 2. The fraction of sp³-hybridized carbons (Fsp3) is 0.385. The van der Waals surface area contributed by atoms with Gasteiger partial charge in [0.1, 0.15) is 5.88 Å².